The van der Waals surface area contributed by atoms with Crippen LogP contribution in [0.3, 0.4) is 0 Å². The Labute approximate surface area is 127 Å². The number of carbonyl (C=O) groups is 2. The normalized spacial score (nSPS) is 28.7. The average molecular weight is 296 g/mol. The predicted octanol–water partition coefficient (Wildman–Crippen LogP) is 1.71. The Kier molecular flexibility index (Phi) is 4.61. The van der Waals surface area contributed by atoms with Gasteiger partial charge in [0.2, 0.25) is 11.8 Å². The van der Waals surface area contributed by atoms with Crippen molar-refractivity contribution in [2.75, 3.05) is 19.8 Å². The van der Waals surface area contributed by atoms with E-state index in [4.69, 9.17) is 4.74 Å². The second-order valence-electron chi connectivity index (χ2n) is 6.92. The molecule has 2 rings (SSSR count). The van der Waals surface area contributed by atoms with Gasteiger partial charge in [-0.15, -0.1) is 0 Å². The fourth-order valence-electron chi connectivity index (χ4n) is 3.02. The highest BCUT2D eigenvalue weighted by Crippen LogP contribution is 2.45. The van der Waals surface area contributed by atoms with E-state index in [-0.39, 0.29) is 17.7 Å². The number of nitrogens with one attached hydrogen (secondary N) is 1. The number of hydrogen-bond donors (Lipinski definition) is 1. The SMILES string of the molecule is CCCCOCCN1C(=O)C(C)(C)NC(=O)C1(C)C1CC1. The molecule has 2 aliphatic rings. The summed E-state index contributed by atoms with van der Waals surface area (Å²) in [6.45, 7) is 9.26. The standard InChI is InChI=1S/C16H28N2O3/c1-5-6-10-21-11-9-18-14(20)15(2,3)17-13(19)16(18,4)12-7-8-12/h12H,5-11H2,1-4H3,(H,17,19). The van der Waals surface area contributed by atoms with Crippen molar-refractivity contribution in [2.45, 2.75) is 64.5 Å². The molecular formula is C16H28N2O3. The van der Waals surface area contributed by atoms with E-state index in [2.05, 4.69) is 12.2 Å². The smallest absolute Gasteiger partial charge is 0.248 e. The minimum Gasteiger partial charge on any atom is -0.380 e. The van der Waals surface area contributed by atoms with Crippen LogP contribution in [0.1, 0.15) is 53.4 Å². The molecule has 1 saturated carbocycles. The summed E-state index contributed by atoms with van der Waals surface area (Å²) in [5.41, 5.74) is -1.53. The average Bonchev–Trinajstić information content (AvgIpc) is 3.24. The van der Waals surface area contributed by atoms with Crippen LogP contribution >= 0.6 is 0 Å². The number of nitrogens with zero attached hydrogens (tertiary/aromatic N) is 1. The van der Waals surface area contributed by atoms with Gasteiger partial charge >= 0.3 is 0 Å². The fraction of sp³-hybridized carbons (Fsp3) is 0.875. The first-order valence-electron chi connectivity index (χ1n) is 8.06. The Morgan fingerprint density at radius 2 is 1.90 bits per heavy atom. The molecule has 0 aromatic rings. The van der Waals surface area contributed by atoms with E-state index >= 15 is 0 Å². The summed E-state index contributed by atoms with van der Waals surface area (Å²) in [7, 11) is 0. The first-order valence-corrected chi connectivity index (χ1v) is 8.06. The lowest BCUT2D eigenvalue weighted by Gasteiger charge is -2.49. The summed E-state index contributed by atoms with van der Waals surface area (Å²) >= 11 is 0. The molecule has 2 fully saturated rings. The molecule has 1 aliphatic carbocycles. The van der Waals surface area contributed by atoms with Gasteiger partial charge in [-0.25, -0.2) is 0 Å². The van der Waals surface area contributed by atoms with Crippen molar-refractivity contribution in [2.24, 2.45) is 5.92 Å². The molecule has 2 amide bonds. The van der Waals surface area contributed by atoms with Gasteiger partial charge in [-0.3, -0.25) is 9.59 Å². The van der Waals surface area contributed by atoms with E-state index in [1.54, 1.807) is 18.7 Å². The Balaban J connectivity index is 2.07. The van der Waals surface area contributed by atoms with E-state index in [0.717, 1.165) is 25.7 Å². The van der Waals surface area contributed by atoms with Crippen molar-refractivity contribution in [1.29, 1.82) is 0 Å². The number of unbranched alkanes of at least 4 members (excludes halogenated alkanes) is 1. The van der Waals surface area contributed by atoms with Crippen LogP contribution in [-0.2, 0) is 14.3 Å². The zero-order chi connectivity index (χ0) is 15.7. The molecule has 0 spiro atoms. The molecule has 120 valence electrons. The predicted molar refractivity (Wildman–Crippen MR) is 80.8 cm³/mol. The van der Waals surface area contributed by atoms with Crippen LogP contribution in [0.15, 0.2) is 0 Å². The highest BCUT2D eigenvalue weighted by atomic mass is 16.5. The largest absolute Gasteiger partial charge is 0.380 e. The van der Waals surface area contributed by atoms with Crippen molar-refractivity contribution in [3.63, 3.8) is 0 Å². The third-order valence-electron chi connectivity index (χ3n) is 4.70. The van der Waals surface area contributed by atoms with Crippen LogP contribution in [0.2, 0.25) is 0 Å². The number of ether oxygens (including phenoxy) is 1. The van der Waals surface area contributed by atoms with Crippen LogP contribution in [0, 0.1) is 5.92 Å². The summed E-state index contributed by atoms with van der Waals surface area (Å²) in [6, 6.07) is 0. The number of hydrogen-bond acceptors (Lipinski definition) is 3. The Hall–Kier alpha value is -1.10. The van der Waals surface area contributed by atoms with Crippen molar-refractivity contribution in [1.82, 2.24) is 10.2 Å². The van der Waals surface area contributed by atoms with Crippen LogP contribution < -0.4 is 5.32 Å². The second-order valence-corrected chi connectivity index (χ2v) is 6.92. The number of amides is 2. The molecule has 0 radical (unpaired) electrons. The molecule has 1 heterocycles. The first-order chi connectivity index (χ1) is 9.84. The Morgan fingerprint density at radius 1 is 1.24 bits per heavy atom. The quantitative estimate of drug-likeness (QED) is 0.728. The molecule has 1 aliphatic heterocycles. The van der Waals surface area contributed by atoms with Crippen LogP contribution in [0.5, 0.6) is 0 Å². The maximum absolute atomic E-state index is 12.7. The van der Waals surface area contributed by atoms with Gasteiger partial charge in [0.05, 0.1) is 6.61 Å². The van der Waals surface area contributed by atoms with E-state index < -0.39 is 11.1 Å². The molecule has 5 heteroatoms. The van der Waals surface area contributed by atoms with Gasteiger partial charge < -0.3 is 15.0 Å². The van der Waals surface area contributed by atoms with Gasteiger partial charge in [-0.1, -0.05) is 13.3 Å². The van der Waals surface area contributed by atoms with E-state index in [1.807, 2.05) is 6.92 Å². The molecule has 0 aromatic heterocycles. The number of carbonyl (C=O) groups excluding carboxylic acids is 2. The van der Waals surface area contributed by atoms with E-state index in [1.165, 1.54) is 0 Å². The van der Waals surface area contributed by atoms with Gasteiger partial charge in [0.1, 0.15) is 11.1 Å². The summed E-state index contributed by atoms with van der Waals surface area (Å²) in [5.74, 6) is 0.256. The number of rotatable bonds is 7. The molecule has 0 aromatic carbocycles. The molecule has 1 atom stereocenters. The summed E-state index contributed by atoms with van der Waals surface area (Å²) in [4.78, 5) is 27.0. The van der Waals surface area contributed by atoms with Gasteiger partial charge in [-0.05, 0) is 46.0 Å². The van der Waals surface area contributed by atoms with Gasteiger partial charge in [0.25, 0.3) is 0 Å². The lowest BCUT2D eigenvalue weighted by molar-refractivity contribution is -0.163. The molecule has 1 unspecified atom stereocenters. The second kappa shape index (κ2) is 5.95. The zero-order valence-electron chi connectivity index (χ0n) is 13.7. The van der Waals surface area contributed by atoms with Gasteiger partial charge in [0, 0.05) is 13.2 Å². The fourth-order valence-corrected chi connectivity index (χ4v) is 3.02. The van der Waals surface area contributed by atoms with Crippen molar-refractivity contribution < 1.29 is 14.3 Å². The third kappa shape index (κ3) is 3.07. The monoisotopic (exact) mass is 296 g/mol. The lowest BCUT2D eigenvalue weighted by Crippen LogP contribution is -2.74. The van der Waals surface area contributed by atoms with Crippen molar-refractivity contribution in [3.8, 4) is 0 Å². The Morgan fingerprint density at radius 3 is 2.48 bits per heavy atom. The highest BCUT2D eigenvalue weighted by molar-refractivity contribution is 6.02. The van der Waals surface area contributed by atoms with Gasteiger partial charge in [-0.2, -0.15) is 0 Å². The van der Waals surface area contributed by atoms with Crippen LogP contribution in [-0.4, -0.2) is 47.6 Å². The molecule has 0 bridgehead atoms. The third-order valence-corrected chi connectivity index (χ3v) is 4.70. The summed E-state index contributed by atoms with van der Waals surface area (Å²) in [6.07, 6.45) is 4.16. The topological polar surface area (TPSA) is 58.6 Å². The lowest BCUT2D eigenvalue weighted by atomic mass is 9.84. The molecule has 21 heavy (non-hydrogen) atoms. The molecular weight excluding hydrogens is 268 g/mol. The Bertz CT molecular complexity index is 418. The van der Waals surface area contributed by atoms with Crippen molar-refractivity contribution in [3.05, 3.63) is 0 Å². The number of piperazine rings is 1. The van der Waals surface area contributed by atoms with E-state index in [0.29, 0.717) is 19.8 Å². The van der Waals surface area contributed by atoms with Crippen molar-refractivity contribution >= 4 is 11.8 Å². The maximum atomic E-state index is 12.7. The van der Waals surface area contributed by atoms with Crippen LogP contribution in [0.25, 0.3) is 0 Å². The molecule has 1 N–H and O–H groups in total. The molecule has 5 nitrogen and oxygen atoms in total. The molecule has 1 saturated heterocycles. The van der Waals surface area contributed by atoms with Crippen LogP contribution in [0.4, 0.5) is 0 Å². The van der Waals surface area contributed by atoms with Gasteiger partial charge in [0.15, 0.2) is 0 Å². The minimum atomic E-state index is -0.825. The summed E-state index contributed by atoms with van der Waals surface area (Å²) in [5, 5.41) is 2.89. The summed E-state index contributed by atoms with van der Waals surface area (Å²) < 4.78 is 5.60. The zero-order valence-corrected chi connectivity index (χ0v) is 13.7. The maximum Gasteiger partial charge on any atom is 0.248 e. The van der Waals surface area contributed by atoms with E-state index in [9.17, 15) is 9.59 Å². The minimum absolute atomic E-state index is 0.00408. The highest BCUT2D eigenvalue weighted by Gasteiger charge is 2.58. The first kappa shape index (κ1) is 16.3.